The molecule has 1 N–H and O–H groups in total. The molecule has 3 nitrogen and oxygen atoms in total. The minimum atomic E-state index is 0.0295. The normalized spacial score (nSPS) is 12.9. The largest absolute Gasteiger partial charge is 0.466 e. The van der Waals surface area contributed by atoms with Gasteiger partial charge in [0.1, 0.15) is 17.3 Å². The number of aryl methyl sites for hydroxylation is 2. The number of rotatable bonds is 4. The number of furan rings is 2. The lowest BCUT2D eigenvalue weighted by Gasteiger charge is -2.15. The van der Waals surface area contributed by atoms with Gasteiger partial charge in [-0.25, -0.2) is 0 Å². The van der Waals surface area contributed by atoms with E-state index in [-0.39, 0.29) is 6.04 Å². The van der Waals surface area contributed by atoms with E-state index in [0.29, 0.717) is 0 Å². The zero-order valence-electron chi connectivity index (χ0n) is 10.2. The summed E-state index contributed by atoms with van der Waals surface area (Å²) in [5.74, 6) is 2.73. The van der Waals surface area contributed by atoms with Gasteiger partial charge in [-0.15, -0.1) is 0 Å². The molecule has 0 radical (unpaired) electrons. The molecule has 0 aliphatic heterocycles. The van der Waals surface area contributed by atoms with Gasteiger partial charge in [0.2, 0.25) is 0 Å². The maximum Gasteiger partial charge on any atom is 0.139 e. The Morgan fingerprint density at radius 3 is 2.65 bits per heavy atom. The second kappa shape index (κ2) is 5.10. The first-order valence-corrected chi connectivity index (χ1v) is 6.46. The Kier molecular flexibility index (Phi) is 3.74. The third-order valence-electron chi connectivity index (χ3n) is 2.71. The molecule has 0 aromatic carbocycles. The van der Waals surface area contributed by atoms with E-state index in [0.717, 1.165) is 33.9 Å². The van der Waals surface area contributed by atoms with Crippen LogP contribution in [0, 0.1) is 13.8 Å². The van der Waals surface area contributed by atoms with E-state index in [9.17, 15) is 0 Å². The molecule has 1 atom stereocenters. The van der Waals surface area contributed by atoms with Crippen molar-refractivity contribution in [3.8, 4) is 0 Å². The van der Waals surface area contributed by atoms with Crippen LogP contribution in [0.1, 0.15) is 35.8 Å². The minimum absolute atomic E-state index is 0.0295. The molecule has 2 heterocycles. The molecular formula is C13H16BrNO2. The highest BCUT2D eigenvalue weighted by atomic mass is 79.9. The van der Waals surface area contributed by atoms with Gasteiger partial charge in [0.25, 0.3) is 0 Å². The first-order chi connectivity index (χ1) is 8.13. The molecule has 1 unspecified atom stereocenters. The number of hydrogen-bond donors (Lipinski definition) is 1. The second-order valence-electron chi connectivity index (χ2n) is 3.99. The van der Waals surface area contributed by atoms with Gasteiger partial charge < -0.3 is 14.2 Å². The molecule has 0 spiro atoms. The first kappa shape index (κ1) is 12.5. The molecule has 2 rings (SSSR count). The van der Waals surface area contributed by atoms with E-state index in [1.807, 2.05) is 19.9 Å². The maximum atomic E-state index is 5.58. The van der Waals surface area contributed by atoms with E-state index in [1.54, 1.807) is 6.26 Å². The third-order valence-corrected chi connectivity index (χ3v) is 3.36. The van der Waals surface area contributed by atoms with Crippen LogP contribution >= 0.6 is 15.9 Å². The van der Waals surface area contributed by atoms with Crippen molar-refractivity contribution in [2.45, 2.75) is 26.8 Å². The van der Waals surface area contributed by atoms with Crippen molar-refractivity contribution in [1.29, 1.82) is 0 Å². The van der Waals surface area contributed by atoms with Crippen molar-refractivity contribution < 1.29 is 8.83 Å². The van der Waals surface area contributed by atoms with Crippen LogP contribution in [0.25, 0.3) is 0 Å². The highest BCUT2D eigenvalue weighted by Crippen LogP contribution is 2.32. The van der Waals surface area contributed by atoms with Gasteiger partial charge in [0.15, 0.2) is 0 Å². The number of hydrogen-bond acceptors (Lipinski definition) is 3. The summed E-state index contributed by atoms with van der Waals surface area (Å²) in [7, 11) is 0. The van der Waals surface area contributed by atoms with Crippen LogP contribution in [-0.4, -0.2) is 6.54 Å². The van der Waals surface area contributed by atoms with Crippen LogP contribution in [0.5, 0.6) is 0 Å². The van der Waals surface area contributed by atoms with E-state index >= 15 is 0 Å². The SMILES string of the molecule is CCNC(c1cc(C)oc1C)c1occc1Br. The zero-order valence-corrected chi connectivity index (χ0v) is 11.8. The van der Waals surface area contributed by atoms with Gasteiger partial charge in [-0.1, -0.05) is 6.92 Å². The van der Waals surface area contributed by atoms with Crippen molar-refractivity contribution in [3.63, 3.8) is 0 Å². The molecule has 92 valence electrons. The lowest BCUT2D eigenvalue weighted by atomic mass is 10.1. The Morgan fingerprint density at radius 1 is 1.41 bits per heavy atom. The molecule has 0 bridgehead atoms. The highest BCUT2D eigenvalue weighted by molar-refractivity contribution is 9.10. The summed E-state index contributed by atoms with van der Waals surface area (Å²) in [6.45, 7) is 6.87. The summed E-state index contributed by atoms with van der Waals surface area (Å²) in [5.41, 5.74) is 1.13. The molecule has 17 heavy (non-hydrogen) atoms. The Morgan fingerprint density at radius 2 is 2.18 bits per heavy atom. The summed E-state index contributed by atoms with van der Waals surface area (Å²) >= 11 is 3.50. The van der Waals surface area contributed by atoms with Crippen LogP contribution in [-0.2, 0) is 0 Å². The van der Waals surface area contributed by atoms with E-state index in [4.69, 9.17) is 8.83 Å². The van der Waals surface area contributed by atoms with Crippen molar-refractivity contribution in [1.82, 2.24) is 5.32 Å². The number of halogens is 1. The van der Waals surface area contributed by atoms with Gasteiger partial charge in [0, 0.05) is 5.56 Å². The summed E-state index contributed by atoms with van der Waals surface area (Å²) < 4.78 is 12.1. The van der Waals surface area contributed by atoms with Crippen LogP contribution < -0.4 is 5.32 Å². The van der Waals surface area contributed by atoms with Crippen molar-refractivity contribution in [2.75, 3.05) is 6.54 Å². The van der Waals surface area contributed by atoms with E-state index in [2.05, 4.69) is 34.2 Å². The zero-order chi connectivity index (χ0) is 12.4. The molecule has 2 aromatic heterocycles. The van der Waals surface area contributed by atoms with E-state index < -0.39 is 0 Å². The fourth-order valence-corrected chi connectivity index (χ4v) is 2.43. The van der Waals surface area contributed by atoms with Crippen LogP contribution in [0.2, 0.25) is 0 Å². The molecular weight excluding hydrogens is 282 g/mol. The quantitative estimate of drug-likeness (QED) is 0.928. The maximum absolute atomic E-state index is 5.58. The van der Waals surface area contributed by atoms with E-state index in [1.165, 1.54) is 0 Å². The topological polar surface area (TPSA) is 38.3 Å². The smallest absolute Gasteiger partial charge is 0.139 e. The van der Waals surface area contributed by atoms with Crippen LogP contribution in [0.15, 0.2) is 31.7 Å². The van der Waals surface area contributed by atoms with Gasteiger partial charge >= 0.3 is 0 Å². The van der Waals surface area contributed by atoms with Crippen LogP contribution in [0.4, 0.5) is 0 Å². The molecule has 0 aliphatic carbocycles. The molecule has 0 fully saturated rings. The fourth-order valence-electron chi connectivity index (χ4n) is 2.00. The van der Waals surface area contributed by atoms with Crippen molar-refractivity contribution in [2.24, 2.45) is 0 Å². The Balaban J connectivity index is 2.42. The number of nitrogens with one attached hydrogen (secondary N) is 1. The standard InChI is InChI=1S/C13H16BrNO2/c1-4-15-12(13-11(14)5-6-16-13)10-7-8(2)17-9(10)3/h5-7,12,15H,4H2,1-3H3. The third kappa shape index (κ3) is 2.48. The average Bonchev–Trinajstić information content (AvgIpc) is 2.82. The summed E-state index contributed by atoms with van der Waals surface area (Å²) in [5, 5.41) is 3.41. The Hall–Kier alpha value is -1.00. The van der Waals surface area contributed by atoms with Gasteiger partial charge in [-0.2, -0.15) is 0 Å². The molecule has 0 saturated heterocycles. The summed E-state index contributed by atoms with van der Waals surface area (Å²) in [6, 6.07) is 3.99. The predicted molar refractivity (Wildman–Crippen MR) is 70.1 cm³/mol. The van der Waals surface area contributed by atoms with Crippen molar-refractivity contribution in [3.05, 3.63) is 45.7 Å². The highest BCUT2D eigenvalue weighted by Gasteiger charge is 2.23. The van der Waals surface area contributed by atoms with Gasteiger partial charge in [-0.05, 0) is 48.5 Å². The van der Waals surface area contributed by atoms with Crippen molar-refractivity contribution >= 4 is 15.9 Å². The van der Waals surface area contributed by atoms with Crippen LogP contribution in [0.3, 0.4) is 0 Å². The molecule has 0 saturated carbocycles. The summed E-state index contributed by atoms with van der Waals surface area (Å²) in [6.07, 6.45) is 1.69. The first-order valence-electron chi connectivity index (χ1n) is 5.66. The monoisotopic (exact) mass is 297 g/mol. The average molecular weight is 298 g/mol. The lowest BCUT2D eigenvalue weighted by molar-refractivity contribution is 0.441. The summed E-state index contributed by atoms with van der Waals surface area (Å²) in [4.78, 5) is 0. The van der Waals surface area contributed by atoms with Gasteiger partial charge in [0.05, 0.1) is 16.8 Å². The minimum Gasteiger partial charge on any atom is -0.466 e. The molecule has 4 heteroatoms. The fraction of sp³-hybridized carbons (Fsp3) is 0.385. The lowest BCUT2D eigenvalue weighted by Crippen LogP contribution is -2.22. The second-order valence-corrected chi connectivity index (χ2v) is 4.85. The predicted octanol–water partition coefficient (Wildman–Crippen LogP) is 3.95. The molecule has 0 amide bonds. The molecule has 0 aliphatic rings. The Labute approximate surface area is 109 Å². The Bertz CT molecular complexity index is 501. The van der Waals surface area contributed by atoms with Gasteiger partial charge in [-0.3, -0.25) is 0 Å². The molecule has 2 aromatic rings.